The Morgan fingerprint density at radius 1 is 1.20 bits per heavy atom. The van der Waals surface area contributed by atoms with Crippen molar-refractivity contribution < 1.29 is 13.2 Å². The van der Waals surface area contributed by atoms with Crippen molar-refractivity contribution >= 4 is 0 Å². The molecule has 3 nitrogen and oxygen atoms in total. The summed E-state index contributed by atoms with van der Waals surface area (Å²) in [5.41, 5.74) is 0.102. The fourth-order valence-corrected chi connectivity index (χ4v) is 1.16. The van der Waals surface area contributed by atoms with Crippen molar-refractivity contribution in [3.05, 3.63) is 36.3 Å². The number of H-pyrrole nitrogens is 1. The molecule has 2 aromatic rings. The van der Waals surface area contributed by atoms with Gasteiger partial charge in [-0.3, -0.25) is 10.1 Å². The van der Waals surface area contributed by atoms with Gasteiger partial charge in [0.25, 0.3) is 0 Å². The van der Waals surface area contributed by atoms with Gasteiger partial charge in [-0.25, -0.2) is 0 Å². The lowest BCUT2D eigenvalue weighted by Crippen LogP contribution is -2.05. The SMILES string of the molecule is FC(F)(F)c1cncc(-c2ccn[nH]2)c1. The van der Waals surface area contributed by atoms with Gasteiger partial charge < -0.3 is 0 Å². The normalized spacial score (nSPS) is 11.7. The zero-order valence-electron chi connectivity index (χ0n) is 7.42. The number of pyridine rings is 1. The lowest BCUT2D eigenvalue weighted by molar-refractivity contribution is -0.137. The van der Waals surface area contributed by atoms with Gasteiger partial charge in [0, 0.05) is 24.2 Å². The molecule has 2 aromatic heterocycles. The predicted octanol–water partition coefficient (Wildman–Crippen LogP) is 2.49. The van der Waals surface area contributed by atoms with Gasteiger partial charge in [-0.2, -0.15) is 18.3 Å². The summed E-state index contributed by atoms with van der Waals surface area (Å²) in [6.07, 6.45) is -0.763. The first-order valence-electron chi connectivity index (χ1n) is 4.09. The summed E-state index contributed by atoms with van der Waals surface area (Å²) in [5, 5.41) is 6.23. The van der Waals surface area contributed by atoms with Gasteiger partial charge in [-0.05, 0) is 12.1 Å². The molecule has 0 aromatic carbocycles. The molecule has 0 amide bonds. The number of hydrogen-bond acceptors (Lipinski definition) is 2. The van der Waals surface area contributed by atoms with E-state index < -0.39 is 11.7 Å². The number of halogens is 3. The molecule has 0 aliphatic carbocycles. The van der Waals surface area contributed by atoms with Crippen molar-refractivity contribution in [1.82, 2.24) is 15.2 Å². The van der Waals surface area contributed by atoms with Crippen LogP contribution in [-0.4, -0.2) is 15.2 Å². The summed E-state index contributed by atoms with van der Waals surface area (Å²) in [6.45, 7) is 0. The van der Waals surface area contributed by atoms with Gasteiger partial charge >= 0.3 is 6.18 Å². The van der Waals surface area contributed by atoms with Crippen molar-refractivity contribution in [2.45, 2.75) is 6.18 Å². The smallest absolute Gasteiger partial charge is 0.278 e. The molecule has 0 atom stereocenters. The molecule has 6 heteroatoms. The number of nitrogens with zero attached hydrogens (tertiary/aromatic N) is 2. The van der Waals surface area contributed by atoms with Crippen LogP contribution in [0, 0.1) is 0 Å². The minimum Gasteiger partial charge on any atom is -0.278 e. The van der Waals surface area contributed by atoms with Crippen molar-refractivity contribution in [3.63, 3.8) is 0 Å². The monoisotopic (exact) mass is 213 g/mol. The van der Waals surface area contributed by atoms with Crippen LogP contribution >= 0.6 is 0 Å². The van der Waals surface area contributed by atoms with Crippen LogP contribution in [0.2, 0.25) is 0 Å². The molecule has 15 heavy (non-hydrogen) atoms. The average molecular weight is 213 g/mol. The van der Waals surface area contributed by atoms with Gasteiger partial charge in [-0.1, -0.05) is 0 Å². The molecule has 78 valence electrons. The molecule has 0 aliphatic heterocycles. The predicted molar refractivity (Wildman–Crippen MR) is 46.8 cm³/mol. The summed E-state index contributed by atoms with van der Waals surface area (Å²) >= 11 is 0. The van der Waals surface area contributed by atoms with Crippen LogP contribution in [0.1, 0.15) is 5.56 Å². The highest BCUT2D eigenvalue weighted by Crippen LogP contribution is 2.30. The molecular weight excluding hydrogens is 207 g/mol. The maximum Gasteiger partial charge on any atom is 0.417 e. The Morgan fingerprint density at radius 2 is 2.00 bits per heavy atom. The third-order valence-electron chi connectivity index (χ3n) is 1.88. The molecule has 0 bridgehead atoms. The lowest BCUT2D eigenvalue weighted by atomic mass is 10.1. The van der Waals surface area contributed by atoms with E-state index in [1.54, 1.807) is 6.07 Å². The Bertz CT molecular complexity index is 448. The largest absolute Gasteiger partial charge is 0.417 e. The Morgan fingerprint density at radius 3 is 2.60 bits per heavy atom. The Kier molecular flexibility index (Phi) is 2.18. The van der Waals surface area contributed by atoms with Crippen LogP contribution in [0.25, 0.3) is 11.3 Å². The summed E-state index contributed by atoms with van der Waals surface area (Å²) in [6, 6.07) is 2.61. The third kappa shape index (κ3) is 1.98. The number of alkyl halides is 3. The minimum atomic E-state index is -4.37. The van der Waals surface area contributed by atoms with E-state index in [9.17, 15) is 13.2 Å². The first kappa shape index (κ1) is 9.70. The molecule has 2 rings (SSSR count). The quantitative estimate of drug-likeness (QED) is 0.790. The Balaban J connectivity index is 2.44. The molecular formula is C9H6F3N3. The molecule has 0 saturated heterocycles. The van der Waals surface area contributed by atoms with E-state index in [4.69, 9.17) is 0 Å². The summed E-state index contributed by atoms with van der Waals surface area (Å²) < 4.78 is 37.0. The van der Waals surface area contributed by atoms with Crippen LogP contribution in [0.15, 0.2) is 30.7 Å². The van der Waals surface area contributed by atoms with Crippen LogP contribution < -0.4 is 0 Å². The number of hydrogen-bond donors (Lipinski definition) is 1. The molecule has 0 saturated carbocycles. The van der Waals surface area contributed by atoms with E-state index in [1.165, 1.54) is 12.4 Å². The maximum atomic E-state index is 12.3. The van der Waals surface area contributed by atoms with E-state index in [0.29, 0.717) is 11.3 Å². The van der Waals surface area contributed by atoms with Gasteiger partial charge in [0.2, 0.25) is 0 Å². The first-order valence-corrected chi connectivity index (χ1v) is 4.09. The highest BCUT2D eigenvalue weighted by Gasteiger charge is 2.31. The first-order chi connectivity index (χ1) is 7.07. The highest BCUT2D eigenvalue weighted by atomic mass is 19.4. The second-order valence-corrected chi connectivity index (χ2v) is 2.93. The number of nitrogens with one attached hydrogen (secondary N) is 1. The molecule has 0 aliphatic rings. The van der Waals surface area contributed by atoms with Crippen molar-refractivity contribution in [2.24, 2.45) is 0 Å². The van der Waals surface area contributed by atoms with E-state index in [2.05, 4.69) is 15.2 Å². The molecule has 0 radical (unpaired) electrons. The topological polar surface area (TPSA) is 41.6 Å². The van der Waals surface area contributed by atoms with Crippen molar-refractivity contribution in [1.29, 1.82) is 0 Å². The third-order valence-corrected chi connectivity index (χ3v) is 1.88. The van der Waals surface area contributed by atoms with E-state index >= 15 is 0 Å². The van der Waals surface area contributed by atoms with Crippen molar-refractivity contribution in [2.75, 3.05) is 0 Å². The Hall–Kier alpha value is -1.85. The summed E-state index contributed by atoms with van der Waals surface area (Å²) in [7, 11) is 0. The van der Waals surface area contributed by atoms with Crippen molar-refractivity contribution in [3.8, 4) is 11.3 Å². The molecule has 0 spiro atoms. The fraction of sp³-hybridized carbons (Fsp3) is 0.111. The van der Waals surface area contributed by atoms with Gasteiger partial charge in [0.1, 0.15) is 0 Å². The van der Waals surface area contributed by atoms with Gasteiger partial charge in [0.15, 0.2) is 0 Å². The number of aromatic nitrogens is 3. The molecule has 0 fully saturated rings. The van der Waals surface area contributed by atoms with Gasteiger partial charge in [-0.15, -0.1) is 0 Å². The van der Waals surface area contributed by atoms with Crippen LogP contribution in [0.4, 0.5) is 13.2 Å². The number of aromatic amines is 1. The molecule has 0 unspecified atom stereocenters. The minimum absolute atomic E-state index is 0.363. The second kappa shape index (κ2) is 3.38. The maximum absolute atomic E-state index is 12.3. The number of rotatable bonds is 1. The molecule has 2 heterocycles. The Labute approximate surface area is 83.0 Å². The summed E-state index contributed by atoms with van der Waals surface area (Å²) in [5.74, 6) is 0. The second-order valence-electron chi connectivity index (χ2n) is 2.93. The van der Waals surface area contributed by atoms with E-state index in [1.807, 2.05) is 0 Å². The van der Waals surface area contributed by atoms with E-state index in [0.717, 1.165) is 12.3 Å². The van der Waals surface area contributed by atoms with E-state index in [-0.39, 0.29) is 0 Å². The highest BCUT2D eigenvalue weighted by molar-refractivity contribution is 5.58. The van der Waals surface area contributed by atoms with Crippen LogP contribution in [-0.2, 0) is 6.18 Å². The van der Waals surface area contributed by atoms with Gasteiger partial charge in [0.05, 0.1) is 11.3 Å². The zero-order valence-corrected chi connectivity index (χ0v) is 7.42. The summed E-state index contributed by atoms with van der Waals surface area (Å²) in [4.78, 5) is 3.54. The lowest BCUT2D eigenvalue weighted by Gasteiger charge is -2.06. The van der Waals surface area contributed by atoms with Crippen LogP contribution in [0.5, 0.6) is 0 Å². The zero-order chi connectivity index (χ0) is 10.9. The van der Waals surface area contributed by atoms with Crippen LogP contribution in [0.3, 0.4) is 0 Å². The fourth-order valence-electron chi connectivity index (χ4n) is 1.16. The standard InChI is InChI=1S/C9H6F3N3/c10-9(11,12)7-3-6(4-13-5-7)8-1-2-14-15-8/h1-5H,(H,14,15). The molecule has 1 N–H and O–H groups in total. The average Bonchev–Trinajstić information content (AvgIpc) is 2.69.